The van der Waals surface area contributed by atoms with Crippen LogP contribution in [0.1, 0.15) is 38.3 Å². The number of nitrogens with zero attached hydrogens (tertiary/aromatic N) is 3. The smallest absolute Gasteiger partial charge is 0.224 e. The molecule has 1 saturated heterocycles. The van der Waals surface area contributed by atoms with Gasteiger partial charge >= 0.3 is 0 Å². The summed E-state index contributed by atoms with van der Waals surface area (Å²) in [6, 6.07) is 6.02. The number of para-hydroxylation sites is 1. The number of amides is 3. The second kappa shape index (κ2) is 8.83. The molecule has 6 heteroatoms. The van der Waals surface area contributed by atoms with Crippen LogP contribution >= 0.6 is 0 Å². The summed E-state index contributed by atoms with van der Waals surface area (Å²) >= 11 is 0. The monoisotopic (exact) mass is 359 g/mol. The molecule has 1 aliphatic heterocycles. The van der Waals surface area contributed by atoms with E-state index in [1.54, 1.807) is 28.5 Å². The molecule has 1 fully saturated rings. The Kier molecular flexibility index (Phi) is 6.77. The van der Waals surface area contributed by atoms with E-state index in [4.69, 9.17) is 0 Å². The van der Waals surface area contributed by atoms with Crippen molar-refractivity contribution in [1.82, 2.24) is 9.80 Å². The van der Waals surface area contributed by atoms with Gasteiger partial charge in [0.2, 0.25) is 17.7 Å². The van der Waals surface area contributed by atoms with E-state index in [1.165, 1.54) is 0 Å². The predicted octanol–water partition coefficient (Wildman–Crippen LogP) is 1.99. The lowest BCUT2D eigenvalue weighted by atomic mass is 10.0. The van der Waals surface area contributed by atoms with Crippen molar-refractivity contribution >= 4 is 23.4 Å². The van der Waals surface area contributed by atoms with Crippen LogP contribution in [0.4, 0.5) is 5.69 Å². The van der Waals surface area contributed by atoms with E-state index < -0.39 is 0 Å². The molecule has 0 atom stereocenters. The molecule has 1 aromatic carbocycles. The van der Waals surface area contributed by atoms with Gasteiger partial charge in [-0.3, -0.25) is 14.4 Å². The molecule has 1 aromatic rings. The van der Waals surface area contributed by atoms with Crippen molar-refractivity contribution in [3.05, 3.63) is 29.3 Å². The number of aryl methyl sites for hydroxylation is 2. The summed E-state index contributed by atoms with van der Waals surface area (Å²) in [6.45, 7) is 9.80. The van der Waals surface area contributed by atoms with Gasteiger partial charge in [-0.2, -0.15) is 0 Å². The van der Waals surface area contributed by atoms with Crippen LogP contribution < -0.4 is 4.90 Å². The zero-order valence-corrected chi connectivity index (χ0v) is 16.2. The number of hydrogen-bond acceptors (Lipinski definition) is 3. The van der Waals surface area contributed by atoms with E-state index in [-0.39, 0.29) is 24.1 Å². The van der Waals surface area contributed by atoms with Crippen molar-refractivity contribution in [2.24, 2.45) is 0 Å². The fourth-order valence-electron chi connectivity index (χ4n) is 3.45. The molecule has 1 heterocycles. The fraction of sp³-hybridized carbons (Fsp3) is 0.550. The van der Waals surface area contributed by atoms with Gasteiger partial charge in [-0.05, 0) is 24.5 Å². The van der Waals surface area contributed by atoms with E-state index >= 15 is 0 Å². The average Bonchev–Trinajstić information content (AvgIpc) is 2.62. The topological polar surface area (TPSA) is 60.9 Å². The molecule has 0 spiro atoms. The van der Waals surface area contributed by atoms with Crippen LogP contribution in [0.25, 0.3) is 0 Å². The minimum Gasteiger partial charge on any atom is -0.339 e. The summed E-state index contributed by atoms with van der Waals surface area (Å²) in [7, 11) is 0. The molecule has 26 heavy (non-hydrogen) atoms. The summed E-state index contributed by atoms with van der Waals surface area (Å²) in [5.74, 6) is 0.0285. The first-order chi connectivity index (χ1) is 12.3. The second-order valence-corrected chi connectivity index (χ2v) is 6.74. The maximum atomic E-state index is 12.6. The summed E-state index contributed by atoms with van der Waals surface area (Å²) < 4.78 is 0. The first-order valence-electron chi connectivity index (χ1n) is 9.25. The Morgan fingerprint density at radius 3 is 2.19 bits per heavy atom. The van der Waals surface area contributed by atoms with Gasteiger partial charge in [-0.1, -0.05) is 25.1 Å². The Labute approximate surface area is 155 Å². The van der Waals surface area contributed by atoms with Crippen LogP contribution in [0.2, 0.25) is 0 Å². The van der Waals surface area contributed by atoms with Crippen molar-refractivity contribution < 1.29 is 14.4 Å². The molecule has 0 N–H and O–H groups in total. The molecular formula is C20H29N3O3. The van der Waals surface area contributed by atoms with E-state index in [0.29, 0.717) is 32.7 Å². The lowest BCUT2D eigenvalue weighted by Gasteiger charge is -2.34. The number of anilines is 1. The second-order valence-electron chi connectivity index (χ2n) is 6.74. The van der Waals surface area contributed by atoms with Crippen LogP contribution in [-0.4, -0.2) is 60.2 Å². The van der Waals surface area contributed by atoms with Gasteiger partial charge < -0.3 is 14.7 Å². The highest BCUT2D eigenvalue weighted by atomic mass is 16.2. The average molecular weight is 359 g/mol. The maximum Gasteiger partial charge on any atom is 0.224 e. The Bertz CT molecular complexity index is 679. The number of carbonyl (C=O) groups excluding carboxylic acids is 3. The highest BCUT2D eigenvalue weighted by Gasteiger charge is 2.24. The molecule has 6 nitrogen and oxygen atoms in total. The molecule has 1 aliphatic rings. The molecule has 0 radical (unpaired) electrons. The predicted molar refractivity (Wildman–Crippen MR) is 102 cm³/mol. The van der Waals surface area contributed by atoms with Crippen LogP contribution in [0.15, 0.2) is 18.2 Å². The van der Waals surface area contributed by atoms with Crippen molar-refractivity contribution in [3.63, 3.8) is 0 Å². The minimum atomic E-state index is -0.0526. The first kappa shape index (κ1) is 19.9. The van der Waals surface area contributed by atoms with Crippen LogP contribution in [0, 0.1) is 6.92 Å². The largest absolute Gasteiger partial charge is 0.339 e. The van der Waals surface area contributed by atoms with Gasteiger partial charge in [0.25, 0.3) is 0 Å². The molecule has 0 saturated carbocycles. The van der Waals surface area contributed by atoms with E-state index in [1.807, 2.05) is 25.1 Å². The van der Waals surface area contributed by atoms with Crippen LogP contribution in [0.5, 0.6) is 0 Å². The number of piperazine rings is 1. The van der Waals surface area contributed by atoms with Crippen LogP contribution in [-0.2, 0) is 20.8 Å². The van der Waals surface area contributed by atoms with E-state index in [2.05, 4.69) is 6.92 Å². The Morgan fingerprint density at radius 1 is 1.04 bits per heavy atom. The number of benzene rings is 1. The van der Waals surface area contributed by atoms with Gasteiger partial charge in [-0.25, -0.2) is 0 Å². The zero-order chi connectivity index (χ0) is 19.3. The molecule has 0 aliphatic carbocycles. The van der Waals surface area contributed by atoms with Gasteiger partial charge in [0.05, 0.1) is 0 Å². The van der Waals surface area contributed by atoms with E-state index in [9.17, 15) is 14.4 Å². The van der Waals surface area contributed by atoms with Crippen molar-refractivity contribution in [2.75, 3.05) is 37.6 Å². The number of rotatable bonds is 5. The highest BCUT2D eigenvalue weighted by Crippen LogP contribution is 2.26. The zero-order valence-electron chi connectivity index (χ0n) is 16.2. The standard InChI is InChI=1S/C20H29N3O3/c1-5-18-8-6-7-15(2)20(18)23(17(4)25)10-9-19(26)22-13-11-21(12-14-22)16(3)24/h6-8H,5,9-14H2,1-4H3. The van der Waals surface area contributed by atoms with Gasteiger partial charge in [0.1, 0.15) is 0 Å². The van der Waals surface area contributed by atoms with Crippen LogP contribution in [0.3, 0.4) is 0 Å². The maximum absolute atomic E-state index is 12.6. The summed E-state index contributed by atoms with van der Waals surface area (Å²) in [6.07, 6.45) is 1.12. The first-order valence-corrected chi connectivity index (χ1v) is 9.25. The Balaban J connectivity index is 2.03. The Morgan fingerprint density at radius 2 is 1.65 bits per heavy atom. The number of hydrogen-bond donors (Lipinski definition) is 0. The lowest BCUT2D eigenvalue weighted by Crippen LogP contribution is -2.50. The molecule has 142 valence electrons. The van der Waals surface area contributed by atoms with Gasteiger partial charge in [0.15, 0.2) is 0 Å². The normalized spacial score (nSPS) is 14.3. The van der Waals surface area contributed by atoms with E-state index in [0.717, 1.165) is 23.2 Å². The van der Waals surface area contributed by atoms with Gasteiger partial charge in [-0.15, -0.1) is 0 Å². The van der Waals surface area contributed by atoms with Crippen molar-refractivity contribution in [2.45, 2.75) is 40.5 Å². The molecule has 0 bridgehead atoms. The van der Waals surface area contributed by atoms with Gasteiger partial charge in [0, 0.05) is 58.7 Å². The molecular weight excluding hydrogens is 330 g/mol. The fourth-order valence-corrected chi connectivity index (χ4v) is 3.45. The molecule has 3 amide bonds. The van der Waals surface area contributed by atoms with Crippen molar-refractivity contribution in [1.29, 1.82) is 0 Å². The third kappa shape index (κ3) is 4.62. The molecule has 0 unspecified atom stereocenters. The third-order valence-electron chi connectivity index (χ3n) is 4.98. The Hall–Kier alpha value is -2.37. The minimum absolute atomic E-state index is 0.0334. The quantitative estimate of drug-likeness (QED) is 0.808. The number of carbonyl (C=O) groups is 3. The van der Waals surface area contributed by atoms with Crippen molar-refractivity contribution in [3.8, 4) is 0 Å². The lowest BCUT2D eigenvalue weighted by molar-refractivity contribution is -0.138. The summed E-state index contributed by atoms with van der Waals surface area (Å²) in [4.78, 5) is 41.4. The highest BCUT2D eigenvalue weighted by molar-refractivity contribution is 5.94. The SMILES string of the molecule is CCc1cccc(C)c1N(CCC(=O)N1CCN(C(C)=O)CC1)C(C)=O. The molecule has 0 aromatic heterocycles. The summed E-state index contributed by atoms with van der Waals surface area (Å²) in [5, 5.41) is 0. The molecule has 2 rings (SSSR count). The third-order valence-corrected chi connectivity index (χ3v) is 4.98. The summed E-state index contributed by atoms with van der Waals surface area (Å²) in [5.41, 5.74) is 3.08.